The number of halogens is 2. The molecule has 1 amide bonds. The summed E-state index contributed by atoms with van der Waals surface area (Å²) in [5, 5.41) is 4.08. The Bertz CT molecular complexity index is 1160. The molecule has 0 spiro atoms. The van der Waals surface area contributed by atoms with Crippen LogP contribution in [0.4, 0.5) is 20.4 Å². The van der Waals surface area contributed by atoms with Crippen LogP contribution in [-0.2, 0) is 4.79 Å². The fraction of sp³-hybridized carbons (Fsp3) is 0.238. The molecule has 8 heteroatoms. The number of amides is 1. The molecule has 29 heavy (non-hydrogen) atoms. The fourth-order valence-corrected chi connectivity index (χ4v) is 3.32. The lowest BCUT2D eigenvalue weighted by molar-refractivity contribution is -0.113. The molecule has 0 aromatic carbocycles. The highest BCUT2D eigenvalue weighted by Crippen LogP contribution is 2.43. The minimum Gasteiger partial charge on any atom is -0.383 e. The second-order valence-corrected chi connectivity index (χ2v) is 7.27. The van der Waals surface area contributed by atoms with E-state index in [2.05, 4.69) is 20.3 Å². The van der Waals surface area contributed by atoms with Gasteiger partial charge in [0.25, 0.3) is 11.8 Å². The molecule has 1 aliphatic rings. The number of nitrogens with zero attached hydrogens (tertiary/aromatic N) is 3. The van der Waals surface area contributed by atoms with Crippen LogP contribution in [0.25, 0.3) is 22.0 Å². The van der Waals surface area contributed by atoms with Crippen molar-refractivity contribution in [1.82, 2.24) is 15.0 Å². The molecule has 4 rings (SSSR count). The second-order valence-electron chi connectivity index (χ2n) is 7.27. The number of hydrogen-bond acceptors (Lipinski definition) is 5. The Morgan fingerprint density at radius 1 is 1.24 bits per heavy atom. The Morgan fingerprint density at radius 3 is 2.69 bits per heavy atom. The number of anilines is 2. The SMILES string of the molecule is CC(C(=O)Nc1cc2cc(-c3cnccc3C)nc(N)c2cn1)=C1CC(F)(F)C1. The number of allylic oxidation sites excluding steroid dienone is 1. The molecule has 0 unspecified atom stereocenters. The summed E-state index contributed by atoms with van der Waals surface area (Å²) in [6.45, 7) is 3.50. The molecule has 3 N–H and O–H groups in total. The molecule has 148 valence electrons. The normalized spacial score (nSPS) is 15.1. The molecular weight excluding hydrogens is 376 g/mol. The molecule has 3 aromatic rings. The number of nitrogens with two attached hydrogens (primary N) is 1. The number of rotatable bonds is 3. The highest BCUT2D eigenvalue weighted by Gasteiger charge is 2.42. The van der Waals surface area contributed by atoms with Crippen LogP contribution in [0.3, 0.4) is 0 Å². The Morgan fingerprint density at radius 2 is 2.00 bits per heavy atom. The number of alkyl halides is 2. The third kappa shape index (κ3) is 3.65. The molecule has 0 aliphatic heterocycles. The van der Waals surface area contributed by atoms with Gasteiger partial charge in [0.2, 0.25) is 0 Å². The van der Waals surface area contributed by atoms with Gasteiger partial charge in [-0.15, -0.1) is 0 Å². The molecule has 0 radical (unpaired) electrons. The number of aromatic nitrogens is 3. The van der Waals surface area contributed by atoms with Gasteiger partial charge in [-0.2, -0.15) is 0 Å². The Balaban J connectivity index is 1.65. The van der Waals surface area contributed by atoms with Crippen molar-refractivity contribution in [3.05, 3.63) is 53.5 Å². The fourth-order valence-electron chi connectivity index (χ4n) is 3.32. The van der Waals surface area contributed by atoms with Crippen molar-refractivity contribution in [2.24, 2.45) is 0 Å². The highest BCUT2D eigenvalue weighted by atomic mass is 19.3. The third-order valence-electron chi connectivity index (χ3n) is 5.12. The summed E-state index contributed by atoms with van der Waals surface area (Å²) in [7, 11) is 0. The van der Waals surface area contributed by atoms with Crippen LogP contribution < -0.4 is 11.1 Å². The number of carbonyl (C=O) groups is 1. The van der Waals surface area contributed by atoms with Gasteiger partial charge in [0.15, 0.2) is 0 Å². The van der Waals surface area contributed by atoms with E-state index in [1.165, 1.54) is 6.20 Å². The molecule has 0 saturated heterocycles. The van der Waals surface area contributed by atoms with Crippen LogP contribution in [0, 0.1) is 6.92 Å². The molecule has 3 heterocycles. The third-order valence-corrected chi connectivity index (χ3v) is 5.12. The number of aryl methyl sites for hydroxylation is 1. The van der Waals surface area contributed by atoms with E-state index in [1.54, 1.807) is 25.4 Å². The lowest BCUT2D eigenvalue weighted by Crippen LogP contribution is -2.31. The molecule has 0 bridgehead atoms. The summed E-state index contributed by atoms with van der Waals surface area (Å²) in [4.78, 5) is 25.2. The van der Waals surface area contributed by atoms with Crippen LogP contribution in [0.1, 0.15) is 25.3 Å². The van der Waals surface area contributed by atoms with Crippen LogP contribution in [0.5, 0.6) is 0 Å². The van der Waals surface area contributed by atoms with Gasteiger partial charge in [-0.25, -0.2) is 18.7 Å². The predicted molar refractivity (Wildman–Crippen MR) is 107 cm³/mol. The topological polar surface area (TPSA) is 93.8 Å². The number of nitrogen functional groups attached to an aromatic ring is 1. The molecule has 3 aromatic heterocycles. The summed E-state index contributed by atoms with van der Waals surface area (Å²) < 4.78 is 26.1. The van der Waals surface area contributed by atoms with Gasteiger partial charge in [-0.3, -0.25) is 9.78 Å². The molecule has 1 aliphatic carbocycles. The van der Waals surface area contributed by atoms with Gasteiger partial charge in [0.05, 0.1) is 5.69 Å². The monoisotopic (exact) mass is 395 g/mol. The van der Waals surface area contributed by atoms with Gasteiger partial charge < -0.3 is 11.1 Å². The van der Waals surface area contributed by atoms with E-state index in [0.29, 0.717) is 33.9 Å². The van der Waals surface area contributed by atoms with Crippen LogP contribution in [0.15, 0.2) is 47.9 Å². The molecule has 1 fully saturated rings. The van der Waals surface area contributed by atoms with E-state index in [9.17, 15) is 13.6 Å². The maximum Gasteiger partial charge on any atom is 0.255 e. The Kier molecular flexibility index (Phi) is 4.49. The Labute approximate surface area is 165 Å². The summed E-state index contributed by atoms with van der Waals surface area (Å²) in [5.41, 5.74) is 9.40. The molecule has 1 saturated carbocycles. The van der Waals surface area contributed by atoms with Crippen LogP contribution in [0.2, 0.25) is 0 Å². The molecular formula is C21H19F2N5O. The summed E-state index contributed by atoms with van der Waals surface area (Å²) in [6, 6.07) is 5.43. The highest BCUT2D eigenvalue weighted by molar-refractivity contribution is 6.04. The summed E-state index contributed by atoms with van der Waals surface area (Å²) in [6.07, 6.45) is 4.22. The maximum atomic E-state index is 13.1. The number of carbonyl (C=O) groups excluding carboxylic acids is 1. The van der Waals surface area contributed by atoms with E-state index in [0.717, 1.165) is 16.5 Å². The van der Waals surface area contributed by atoms with E-state index < -0.39 is 11.8 Å². The van der Waals surface area contributed by atoms with E-state index in [1.807, 2.05) is 19.1 Å². The summed E-state index contributed by atoms with van der Waals surface area (Å²) >= 11 is 0. The average molecular weight is 395 g/mol. The second kappa shape index (κ2) is 6.88. The van der Waals surface area contributed by atoms with Gasteiger partial charge in [0, 0.05) is 48.0 Å². The standard InChI is InChI=1S/C21H19F2N5O/c1-11-3-4-25-9-15(11)17-5-13-6-18(26-10-16(13)19(24)27-17)28-20(29)12(2)14-7-21(22,23)8-14/h3-6,9-10H,7-8H2,1-2H3,(H2,24,27)(H,26,28,29). The number of pyridine rings is 3. The lowest BCUT2D eigenvalue weighted by Gasteiger charge is -2.30. The summed E-state index contributed by atoms with van der Waals surface area (Å²) in [5.74, 6) is -2.51. The van der Waals surface area contributed by atoms with Crippen molar-refractivity contribution in [2.75, 3.05) is 11.1 Å². The first-order valence-electron chi connectivity index (χ1n) is 9.08. The predicted octanol–water partition coefficient (Wildman–Crippen LogP) is 4.27. The van der Waals surface area contributed by atoms with E-state index in [-0.39, 0.29) is 12.8 Å². The smallest absolute Gasteiger partial charge is 0.255 e. The van der Waals surface area contributed by atoms with Gasteiger partial charge >= 0.3 is 0 Å². The number of fused-ring (bicyclic) bond motifs is 1. The average Bonchev–Trinajstić information content (AvgIpc) is 2.65. The zero-order chi connectivity index (χ0) is 20.8. The van der Waals surface area contributed by atoms with Crippen LogP contribution in [-0.4, -0.2) is 26.8 Å². The first-order valence-corrected chi connectivity index (χ1v) is 9.08. The quantitative estimate of drug-likeness (QED) is 0.646. The minimum absolute atomic E-state index is 0.304. The van der Waals surface area contributed by atoms with E-state index >= 15 is 0 Å². The first kappa shape index (κ1) is 18.9. The molecule has 6 nitrogen and oxygen atoms in total. The van der Waals surface area contributed by atoms with Crippen molar-refractivity contribution >= 4 is 28.3 Å². The van der Waals surface area contributed by atoms with Crippen molar-refractivity contribution in [3.8, 4) is 11.3 Å². The number of nitrogens with one attached hydrogen (secondary N) is 1. The lowest BCUT2D eigenvalue weighted by atomic mass is 9.84. The van der Waals surface area contributed by atoms with Gasteiger partial charge in [-0.05, 0) is 48.6 Å². The number of hydrogen-bond donors (Lipinski definition) is 2. The van der Waals surface area contributed by atoms with Crippen molar-refractivity contribution in [1.29, 1.82) is 0 Å². The maximum absolute atomic E-state index is 13.1. The largest absolute Gasteiger partial charge is 0.383 e. The van der Waals surface area contributed by atoms with Gasteiger partial charge in [-0.1, -0.05) is 0 Å². The zero-order valence-electron chi connectivity index (χ0n) is 16.0. The van der Waals surface area contributed by atoms with Crippen molar-refractivity contribution in [3.63, 3.8) is 0 Å². The molecule has 0 atom stereocenters. The van der Waals surface area contributed by atoms with Crippen LogP contribution >= 0.6 is 0 Å². The van der Waals surface area contributed by atoms with Crippen molar-refractivity contribution in [2.45, 2.75) is 32.6 Å². The van der Waals surface area contributed by atoms with E-state index in [4.69, 9.17) is 5.73 Å². The van der Waals surface area contributed by atoms with Gasteiger partial charge in [0.1, 0.15) is 11.6 Å². The zero-order valence-corrected chi connectivity index (χ0v) is 16.0. The minimum atomic E-state index is -2.70. The first-order chi connectivity index (χ1) is 13.7. The van der Waals surface area contributed by atoms with Crippen molar-refractivity contribution < 1.29 is 13.6 Å². The Hall–Kier alpha value is -3.42.